The predicted molar refractivity (Wildman–Crippen MR) is 95.9 cm³/mol. The second-order valence-electron chi connectivity index (χ2n) is 7.56. The Labute approximate surface area is 146 Å². The summed E-state index contributed by atoms with van der Waals surface area (Å²) >= 11 is 0. The maximum atomic E-state index is 12.4. The first-order valence-corrected chi connectivity index (χ1v) is 9.63. The minimum absolute atomic E-state index is 0.375. The van der Waals surface area contributed by atoms with Crippen LogP contribution < -0.4 is 0 Å². The lowest BCUT2D eigenvalue weighted by molar-refractivity contribution is -0.133. The molecule has 2 aliphatic rings. The fourth-order valence-corrected chi connectivity index (χ4v) is 4.14. The van der Waals surface area contributed by atoms with Gasteiger partial charge < -0.3 is 4.90 Å². The molecule has 1 saturated carbocycles. The van der Waals surface area contributed by atoms with Gasteiger partial charge in [-0.05, 0) is 32.3 Å². The molecule has 0 atom stereocenters. The summed E-state index contributed by atoms with van der Waals surface area (Å²) in [5.74, 6) is 1.19. The first kappa shape index (κ1) is 17.5. The normalized spacial score (nSPS) is 20.0. The van der Waals surface area contributed by atoms with Gasteiger partial charge in [-0.3, -0.25) is 14.4 Å². The van der Waals surface area contributed by atoms with E-state index in [4.69, 9.17) is 0 Å². The molecule has 0 radical (unpaired) electrons. The van der Waals surface area contributed by atoms with Crippen molar-refractivity contribution in [2.45, 2.75) is 58.9 Å². The van der Waals surface area contributed by atoms with E-state index in [-0.39, 0.29) is 0 Å². The number of aryl methyl sites for hydroxylation is 2. The number of piperazine rings is 1. The monoisotopic (exact) mass is 332 g/mol. The number of amides is 1. The number of hydrogen-bond acceptors (Lipinski definition) is 3. The first-order chi connectivity index (χ1) is 11.6. The number of aromatic nitrogens is 2. The lowest BCUT2D eigenvalue weighted by Crippen LogP contribution is -2.49. The van der Waals surface area contributed by atoms with Crippen LogP contribution in [-0.4, -0.2) is 58.2 Å². The number of hydrogen-bond donors (Lipinski definition) is 0. The van der Waals surface area contributed by atoms with Gasteiger partial charge in [-0.2, -0.15) is 5.10 Å². The van der Waals surface area contributed by atoms with Gasteiger partial charge in [-0.25, -0.2) is 0 Å². The summed E-state index contributed by atoms with van der Waals surface area (Å²) in [6.45, 7) is 9.88. The van der Waals surface area contributed by atoms with Gasteiger partial charge in [-0.1, -0.05) is 25.7 Å². The Balaban J connectivity index is 1.35. The Bertz CT molecular complexity index is 540. The van der Waals surface area contributed by atoms with Crippen LogP contribution in [0.25, 0.3) is 0 Å². The molecule has 1 saturated heterocycles. The molecule has 0 N–H and O–H groups in total. The Morgan fingerprint density at radius 2 is 1.83 bits per heavy atom. The average Bonchev–Trinajstić information content (AvgIpc) is 3.20. The van der Waals surface area contributed by atoms with Crippen molar-refractivity contribution in [3.63, 3.8) is 0 Å². The van der Waals surface area contributed by atoms with Crippen molar-refractivity contribution in [3.8, 4) is 0 Å². The molecule has 24 heavy (non-hydrogen) atoms. The molecule has 2 heterocycles. The number of nitrogens with zero attached hydrogens (tertiary/aromatic N) is 4. The van der Waals surface area contributed by atoms with Gasteiger partial charge in [0.1, 0.15) is 0 Å². The van der Waals surface area contributed by atoms with Gasteiger partial charge in [0.2, 0.25) is 5.91 Å². The van der Waals surface area contributed by atoms with E-state index in [1.165, 1.54) is 31.4 Å². The quantitative estimate of drug-likeness (QED) is 0.804. The molecule has 134 valence electrons. The van der Waals surface area contributed by atoms with Crippen LogP contribution in [0.3, 0.4) is 0 Å². The summed E-state index contributed by atoms with van der Waals surface area (Å²) in [6, 6.07) is 2.13. The highest BCUT2D eigenvalue weighted by Crippen LogP contribution is 2.28. The fourth-order valence-electron chi connectivity index (χ4n) is 4.14. The highest BCUT2D eigenvalue weighted by molar-refractivity contribution is 5.76. The van der Waals surface area contributed by atoms with E-state index in [0.717, 1.165) is 63.7 Å². The van der Waals surface area contributed by atoms with Crippen molar-refractivity contribution in [2.75, 3.05) is 32.7 Å². The number of rotatable bonds is 6. The summed E-state index contributed by atoms with van der Waals surface area (Å²) in [4.78, 5) is 16.9. The van der Waals surface area contributed by atoms with Crippen LogP contribution in [0.15, 0.2) is 6.07 Å². The van der Waals surface area contributed by atoms with Crippen molar-refractivity contribution in [3.05, 3.63) is 17.5 Å². The lowest BCUT2D eigenvalue weighted by atomic mass is 10.0. The smallest absolute Gasteiger partial charge is 0.222 e. The van der Waals surface area contributed by atoms with E-state index in [9.17, 15) is 4.79 Å². The zero-order chi connectivity index (χ0) is 16.9. The number of carbonyl (C=O) groups is 1. The molecule has 5 heteroatoms. The molecule has 1 aromatic heterocycles. The summed E-state index contributed by atoms with van der Waals surface area (Å²) in [5, 5.41) is 4.53. The summed E-state index contributed by atoms with van der Waals surface area (Å²) in [5.41, 5.74) is 2.32. The lowest BCUT2D eigenvalue weighted by Gasteiger charge is -2.35. The van der Waals surface area contributed by atoms with Gasteiger partial charge in [0, 0.05) is 44.8 Å². The molecule has 2 fully saturated rings. The van der Waals surface area contributed by atoms with E-state index in [2.05, 4.69) is 32.6 Å². The summed E-state index contributed by atoms with van der Waals surface area (Å²) in [6.07, 6.45) is 7.29. The van der Waals surface area contributed by atoms with Crippen molar-refractivity contribution in [2.24, 2.45) is 5.92 Å². The molecule has 0 unspecified atom stereocenters. The summed E-state index contributed by atoms with van der Waals surface area (Å²) in [7, 11) is 0. The SMILES string of the molecule is Cc1cc(C)n(CCN2CCN(C(=O)CCC3CCCC3)CC2)n1. The van der Waals surface area contributed by atoms with Crippen molar-refractivity contribution in [1.82, 2.24) is 19.6 Å². The van der Waals surface area contributed by atoms with Crippen LogP contribution in [0.1, 0.15) is 49.9 Å². The van der Waals surface area contributed by atoms with Crippen LogP contribution in [0.5, 0.6) is 0 Å². The van der Waals surface area contributed by atoms with E-state index in [1.807, 2.05) is 6.92 Å². The van der Waals surface area contributed by atoms with Crippen LogP contribution in [0.4, 0.5) is 0 Å². The molecule has 1 amide bonds. The first-order valence-electron chi connectivity index (χ1n) is 9.63. The number of carbonyl (C=O) groups excluding carboxylic acids is 1. The third-order valence-corrected chi connectivity index (χ3v) is 5.70. The molecule has 1 aromatic rings. The van der Waals surface area contributed by atoms with Crippen molar-refractivity contribution < 1.29 is 4.79 Å². The summed E-state index contributed by atoms with van der Waals surface area (Å²) < 4.78 is 2.09. The minimum Gasteiger partial charge on any atom is -0.340 e. The van der Waals surface area contributed by atoms with Gasteiger partial charge in [0.25, 0.3) is 0 Å². The molecule has 1 aliphatic carbocycles. The van der Waals surface area contributed by atoms with Crippen molar-refractivity contribution >= 4 is 5.91 Å². The molecule has 0 bridgehead atoms. The molecular formula is C19H32N4O. The molecule has 3 rings (SSSR count). The van der Waals surface area contributed by atoms with E-state index < -0.39 is 0 Å². The molecule has 0 spiro atoms. The van der Waals surface area contributed by atoms with Crippen LogP contribution in [-0.2, 0) is 11.3 Å². The Kier molecular flexibility index (Phi) is 5.93. The van der Waals surface area contributed by atoms with Gasteiger partial charge in [0.05, 0.1) is 12.2 Å². The van der Waals surface area contributed by atoms with Crippen LogP contribution in [0.2, 0.25) is 0 Å². The van der Waals surface area contributed by atoms with Gasteiger partial charge in [-0.15, -0.1) is 0 Å². The third kappa shape index (κ3) is 4.59. The highest BCUT2D eigenvalue weighted by Gasteiger charge is 2.22. The van der Waals surface area contributed by atoms with E-state index >= 15 is 0 Å². The molecule has 1 aliphatic heterocycles. The maximum Gasteiger partial charge on any atom is 0.222 e. The topological polar surface area (TPSA) is 41.4 Å². The predicted octanol–water partition coefficient (Wildman–Crippen LogP) is 2.61. The second kappa shape index (κ2) is 8.15. The maximum absolute atomic E-state index is 12.4. The van der Waals surface area contributed by atoms with Crippen LogP contribution in [0, 0.1) is 19.8 Å². The fraction of sp³-hybridized carbons (Fsp3) is 0.789. The molecule has 0 aromatic carbocycles. The zero-order valence-electron chi connectivity index (χ0n) is 15.3. The van der Waals surface area contributed by atoms with E-state index in [0.29, 0.717) is 5.91 Å². The third-order valence-electron chi connectivity index (χ3n) is 5.70. The Morgan fingerprint density at radius 3 is 2.46 bits per heavy atom. The Morgan fingerprint density at radius 1 is 1.12 bits per heavy atom. The van der Waals surface area contributed by atoms with Crippen LogP contribution >= 0.6 is 0 Å². The van der Waals surface area contributed by atoms with Crippen molar-refractivity contribution in [1.29, 1.82) is 0 Å². The molecular weight excluding hydrogens is 300 g/mol. The Hall–Kier alpha value is -1.36. The zero-order valence-corrected chi connectivity index (χ0v) is 15.3. The van der Waals surface area contributed by atoms with E-state index in [1.54, 1.807) is 0 Å². The van der Waals surface area contributed by atoms with Gasteiger partial charge >= 0.3 is 0 Å². The minimum atomic E-state index is 0.375. The molecule has 5 nitrogen and oxygen atoms in total. The largest absolute Gasteiger partial charge is 0.340 e. The van der Waals surface area contributed by atoms with Gasteiger partial charge in [0.15, 0.2) is 0 Å². The standard InChI is InChI=1S/C19H32N4O/c1-16-15-17(2)23(20-16)14-11-21-9-12-22(13-10-21)19(24)8-7-18-5-3-4-6-18/h15,18H,3-14H2,1-2H3. The second-order valence-corrected chi connectivity index (χ2v) is 7.56. The average molecular weight is 332 g/mol. The highest BCUT2D eigenvalue weighted by atomic mass is 16.2.